The van der Waals surface area contributed by atoms with Crippen LogP contribution in [-0.4, -0.2) is 25.3 Å². The highest BCUT2D eigenvalue weighted by Gasteiger charge is 2.19. The minimum absolute atomic E-state index is 0.494. The third-order valence-electron chi connectivity index (χ3n) is 4.57. The summed E-state index contributed by atoms with van der Waals surface area (Å²) in [5.74, 6) is 0.993. The maximum absolute atomic E-state index is 5.78. The summed E-state index contributed by atoms with van der Waals surface area (Å²) in [5.41, 5.74) is 0. The van der Waals surface area contributed by atoms with E-state index < -0.39 is 0 Å². The molecule has 17 heavy (non-hydrogen) atoms. The summed E-state index contributed by atoms with van der Waals surface area (Å²) in [4.78, 5) is 0. The van der Waals surface area contributed by atoms with Crippen molar-refractivity contribution in [1.29, 1.82) is 0 Å². The first-order valence-electron chi connectivity index (χ1n) is 7.73. The van der Waals surface area contributed by atoms with Crippen LogP contribution in [0.3, 0.4) is 0 Å². The first kappa shape index (κ1) is 13.4. The van der Waals surface area contributed by atoms with Gasteiger partial charge in [-0.25, -0.2) is 0 Å². The molecule has 0 aromatic carbocycles. The molecule has 2 nitrogen and oxygen atoms in total. The molecule has 0 aromatic rings. The molecule has 0 spiro atoms. The summed E-state index contributed by atoms with van der Waals surface area (Å²) in [6.07, 6.45) is 12.8. The average molecular weight is 239 g/mol. The van der Waals surface area contributed by atoms with Crippen molar-refractivity contribution in [3.63, 3.8) is 0 Å². The van der Waals surface area contributed by atoms with Crippen molar-refractivity contribution in [2.45, 2.75) is 76.9 Å². The van der Waals surface area contributed by atoms with Gasteiger partial charge in [0.2, 0.25) is 0 Å². The van der Waals surface area contributed by atoms with E-state index in [9.17, 15) is 0 Å². The van der Waals surface area contributed by atoms with Crippen LogP contribution >= 0.6 is 0 Å². The third-order valence-corrected chi connectivity index (χ3v) is 4.57. The Morgan fingerprint density at radius 2 is 1.94 bits per heavy atom. The van der Waals surface area contributed by atoms with Gasteiger partial charge in [0.1, 0.15) is 0 Å². The fraction of sp³-hybridized carbons (Fsp3) is 1.00. The van der Waals surface area contributed by atoms with Crippen LogP contribution in [0.1, 0.15) is 64.7 Å². The predicted octanol–water partition coefficient (Wildman–Crippen LogP) is 3.50. The predicted molar refractivity (Wildman–Crippen MR) is 72.2 cm³/mol. The zero-order valence-corrected chi connectivity index (χ0v) is 11.4. The minimum atomic E-state index is 0.494. The number of ether oxygens (including phenoxy) is 1. The second kappa shape index (κ2) is 7.38. The largest absolute Gasteiger partial charge is 0.377 e. The Kier molecular flexibility index (Phi) is 5.79. The molecule has 1 heterocycles. The van der Waals surface area contributed by atoms with Crippen molar-refractivity contribution < 1.29 is 4.74 Å². The lowest BCUT2D eigenvalue weighted by Gasteiger charge is -2.25. The van der Waals surface area contributed by atoms with Gasteiger partial charge >= 0.3 is 0 Å². The van der Waals surface area contributed by atoms with Gasteiger partial charge < -0.3 is 10.1 Å². The quantitative estimate of drug-likeness (QED) is 0.758. The summed E-state index contributed by atoms with van der Waals surface area (Å²) in [7, 11) is 0. The first-order valence-corrected chi connectivity index (χ1v) is 7.73. The van der Waals surface area contributed by atoms with E-state index in [0.29, 0.717) is 6.10 Å². The second-order valence-corrected chi connectivity index (χ2v) is 5.88. The Balaban J connectivity index is 1.64. The molecule has 1 saturated heterocycles. The Labute approximate surface area is 107 Å². The third kappa shape index (κ3) is 4.59. The lowest BCUT2D eigenvalue weighted by atomic mass is 9.98. The molecule has 0 aromatic heterocycles. The van der Waals surface area contributed by atoms with E-state index in [1.165, 1.54) is 57.8 Å². The normalized spacial score (nSPS) is 35.5. The van der Waals surface area contributed by atoms with Crippen LogP contribution in [0.2, 0.25) is 0 Å². The Bertz CT molecular complexity index is 201. The molecule has 1 aliphatic carbocycles. The van der Waals surface area contributed by atoms with Crippen molar-refractivity contribution in [2.24, 2.45) is 5.92 Å². The topological polar surface area (TPSA) is 21.3 Å². The highest BCUT2D eigenvalue weighted by molar-refractivity contribution is 4.76. The molecular weight excluding hydrogens is 210 g/mol. The van der Waals surface area contributed by atoms with Gasteiger partial charge in [-0.2, -0.15) is 0 Å². The van der Waals surface area contributed by atoms with Gasteiger partial charge in [0.25, 0.3) is 0 Å². The van der Waals surface area contributed by atoms with Crippen molar-refractivity contribution in [3.05, 3.63) is 0 Å². The molecule has 2 fully saturated rings. The van der Waals surface area contributed by atoms with Crippen LogP contribution in [0, 0.1) is 5.92 Å². The molecule has 1 N–H and O–H groups in total. The molecule has 3 unspecified atom stereocenters. The highest BCUT2D eigenvalue weighted by atomic mass is 16.5. The van der Waals surface area contributed by atoms with E-state index in [-0.39, 0.29) is 0 Å². The summed E-state index contributed by atoms with van der Waals surface area (Å²) in [6.45, 7) is 4.41. The number of nitrogens with one attached hydrogen (secondary N) is 1. The van der Waals surface area contributed by atoms with Gasteiger partial charge in [0, 0.05) is 19.2 Å². The SMILES string of the molecule is CCC1CCCC(NCC2CCCCO2)CC1. The number of hydrogen-bond acceptors (Lipinski definition) is 2. The van der Waals surface area contributed by atoms with E-state index in [1.54, 1.807) is 0 Å². The molecule has 100 valence electrons. The van der Waals surface area contributed by atoms with Gasteiger partial charge in [0.15, 0.2) is 0 Å². The molecule has 0 bridgehead atoms. The van der Waals surface area contributed by atoms with Crippen molar-refractivity contribution in [3.8, 4) is 0 Å². The van der Waals surface area contributed by atoms with Gasteiger partial charge in [-0.1, -0.05) is 26.2 Å². The molecule has 2 heteroatoms. The van der Waals surface area contributed by atoms with Crippen molar-refractivity contribution in [1.82, 2.24) is 5.32 Å². The van der Waals surface area contributed by atoms with E-state index in [2.05, 4.69) is 12.2 Å². The standard InChI is InChI=1S/C15H29NO/c1-2-13-6-5-7-14(10-9-13)16-12-15-8-3-4-11-17-15/h13-16H,2-12H2,1H3. The number of hydrogen-bond donors (Lipinski definition) is 1. The molecule has 1 saturated carbocycles. The lowest BCUT2D eigenvalue weighted by Crippen LogP contribution is -2.37. The van der Waals surface area contributed by atoms with Crippen molar-refractivity contribution in [2.75, 3.05) is 13.2 Å². The minimum Gasteiger partial charge on any atom is -0.377 e. The van der Waals surface area contributed by atoms with Gasteiger partial charge in [-0.3, -0.25) is 0 Å². The van der Waals surface area contributed by atoms with E-state index >= 15 is 0 Å². The van der Waals surface area contributed by atoms with Crippen molar-refractivity contribution >= 4 is 0 Å². The molecule has 2 aliphatic rings. The van der Waals surface area contributed by atoms with Crippen LogP contribution in [0.4, 0.5) is 0 Å². The van der Waals surface area contributed by atoms with Gasteiger partial charge in [-0.05, 0) is 44.4 Å². The van der Waals surface area contributed by atoms with E-state index in [1.807, 2.05) is 0 Å². The Hall–Kier alpha value is -0.0800. The average Bonchev–Trinajstić information content (AvgIpc) is 2.62. The highest BCUT2D eigenvalue weighted by Crippen LogP contribution is 2.25. The zero-order valence-electron chi connectivity index (χ0n) is 11.4. The smallest absolute Gasteiger partial charge is 0.0699 e. The maximum Gasteiger partial charge on any atom is 0.0699 e. The summed E-state index contributed by atoms with van der Waals surface area (Å²) in [5, 5.41) is 3.75. The summed E-state index contributed by atoms with van der Waals surface area (Å²) in [6, 6.07) is 0.761. The van der Waals surface area contributed by atoms with Crippen LogP contribution in [-0.2, 0) is 4.74 Å². The van der Waals surface area contributed by atoms with Gasteiger partial charge in [0.05, 0.1) is 6.10 Å². The summed E-state index contributed by atoms with van der Waals surface area (Å²) < 4.78 is 5.78. The molecule has 1 aliphatic heterocycles. The Morgan fingerprint density at radius 3 is 2.71 bits per heavy atom. The van der Waals surface area contributed by atoms with Crippen LogP contribution < -0.4 is 5.32 Å². The fourth-order valence-corrected chi connectivity index (χ4v) is 3.26. The van der Waals surface area contributed by atoms with E-state index in [4.69, 9.17) is 4.74 Å². The molecule has 0 amide bonds. The molecular formula is C15H29NO. The Morgan fingerprint density at radius 1 is 1.00 bits per heavy atom. The monoisotopic (exact) mass is 239 g/mol. The van der Waals surface area contributed by atoms with Crippen LogP contribution in [0.25, 0.3) is 0 Å². The van der Waals surface area contributed by atoms with E-state index in [0.717, 1.165) is 25.1 Å². The first-order chi connectivity index (χ1) is 8.38. The van der Waals surface area contributed by atoms with Crippen LogP contribution in [0.5, 0.6) is 0 Å². The lowest BCUT2D eigenvalue weighted by molar-refractivity contribution is 0.0151. The molecule has 3 atom stereocenters. The molecule has 0 radical (unpaired) electrons. The van der Waals surface area contributed by atoms with Gasteiger partial charge in [-0.15, -0.1) is 0 Å². The maximum atomic E-state index is 5.78. The number of rotatable bonds is 4. The molecule has 2 rings (SSSR count). The second-order valence-electron chi connectivity index (χ2n) is 5.88. The fourth-order valence-electron chi connectivity index (χ4n) is 3.26. The van der Waals surface area contributed by atoms with Crippen LogP contribution in [0.15, 0.2) is 0 Å². The zero-order chi connectivity index (χ0) is 11.9. The summed E-state index contributed by atoms with van der Waals surface area (Å²) >= 11 is 0.